The number of hydrogen-bond acceptors (Lipinski definition) is 9. The van der Waals surface area contributed by atoms with E-state index in [0.29, 0.717) is 45.4 Å². The molecular formula is C43H46N3O8+. The zero-order chi connectivity index (χ0) is 38.5. The Morgan fingerprint density at radius 2 is 1.39 bits per heavy atom. The van der Waals surface area contributed by atoms with Crippen molar-refractivity contribution < 1.29 is 38.0 Å². The SMILES string of the molecule is C#[N+][C@@]12Cc3cc(C)c(OC)c(OCc4ccccc4)c3[C@@H](N1C)[C@@]1(C)C(=O)c3c(OC)c(C)c(OC)c(OC)c3[C@H](COCc3ccccc3)N1C2=O. The van der Waals surface area contributed by atoms with E-state index in [1.54, 1.807) is 26.0 Å². The summed E-state index contributed by atoms with van der Waals surface area (Å²) in [5.74, 6) is 1.26. The van der Waals surface area contributed by atoms with E-state index < -0.39 is 29.2 Å². The topological polar surface area (TPSA) is 100 Å². The number of likely N-dealkylation sites (N-methyl/N-ethyl adjacent to an activating group) is 1. The first-order valence-electron chi connectivity index (χ1n) is 17.9. The molecule has 11 nitrogen and oxygen atoms in total. The van der Waals surface area contributed by atoms with E-state index in [0.717, 1.165) is 22.3 Å². The van der Waals surface area contributed by atoms with E-state index in [9.17, 15) is 0 Å². The summed E-state index contributed by atoms with van der Waals surface area (Å²) in [5.41, 5.74) is 2.37. The second kappa shape index (κ2) is 14.0. The second-order valence-corrected chi connectivity index (χ2v) is 14.2. The van der Waals surface area contributed by atoms with Crippen LogP contribution in [0.25, 0.3) is 4.85 Å². The predicted octanol–water partition coefficient (Wildman–Crippen LogP) is 6.86. The molecule has 3 aliphatic rings. The van der Waals surface area contributed by atoms with Crippen LogP contribution >= 0.6 is 0 Å². The fourth-order valence-electron chi connectivity index (χ4n) is 9.00. The van der Waals surface area contributed by atoms with Gasteiger partial charge in [-0.2, -0.15) is 0 Å². The van der Waals surface area contributed by atoms with Crippen molar-refractivity contribution in [1.29, 1.82) is 0 Å². The Hall–Kier alpha value is -5.57. The van der Waals surface area contributed by atoms with Gasteiger partial charge in [0.15, 0.2) is 28.8 Å². The third-order valence-electron chi connectivity index (χ3n) is 11.4. The van der Waals surface area contributed by atoms with Gasteiger partial charge in [-0.05, 0) is 50.1 Å². The lowest BCUT2D eigenvalue weighted by atomic mass is 9.64. The number of aryl methyl sites for hydroxylation is 1. The van der Waals surface area contributed by atoms with E-state index in [1.165, 1.54) is 21.3 Å². The number of carbonyl (C=O) groups excluding carboxylic acids is 2. The number of carbonyl (C=O) groups is 2. The standard InChI is InChI=1S/C43H46N3O8/c1-25-20-29-21-43(44-4)41(48)46-30(24-53-22-27-16-12-10-13-17-27)32-33(35(50-7)26(2)36(51-8)37(32)52-9)40(47)42(46,3)39(45(43)5)31(29)38(34(25)49-6)54-23-28-18-14-11-15-19-28/h4,10-20,30,39H,21-24H2,1-3,5-9H3/q+1/t30-,39+,42-,43-/m0/s1. The van der Waals surface area contributed by atoms with Crippen molar-refractivity contribution in [3.63, 3.8) is 0 Å². The van der Waals surface area contributed by atoms with Crippen LogP contribution in [0.3, 0.4) is 0 Å². The molecule has 2 bridgehead atoms. The molecule has 11 heteroatoms. The molecule has 54 heavy (non-hydrogen) atoms. The van der Waals surface area contributed by atoms with Gasteiger partial charge in [-0.25, -0.2) is 4.90 Å². The number of benzene rings is 4. The molecule has 0 aliphatic carbocycles. The largest absolute Gasteiger partial charge is 0.496 e. The molecule has 3 aliphatic heterocycles. The molecule has 3 heterocycles. The van der Waals surface area contributed by atoms with Crippen LogP contribution in [0.15, 0.2) is 66.7 Å². The van der Waals surface area contributed by atoms with Gasteiger partial charge in [0.2, 0.25) is 0 Å². The van der Waals surface area contributed by atoms with Gasteiger partial charge in [-0.1, -0.05) is 71.6 Å². The summed E-state index contributed by atoms with van der Waals surface area (Å²) in [7, 11) is 7.96. The molecule has 4 aromatic carbocycles. The van der Waals surface area contributed by atoms with Crippen molar-refractivity contribution >= 4 is 11.7 Å². The number of fused-ring (bicyclic) bond motifs is 7. The van der Waals surface area contributed by atoms with E-state index in [4.69, 9.17) is 35.0 Å². The lowest BCUT2D eigenvalue weighted by molar-refractivity contribution is -0.174. The normalized spacial score (nSPS) is 22.8. The fourth-order valence-corrected chi connectivity index (χ4v) is 9.00. The summed E-state index contributed by atoms with van der Waals surface area (Å²) < 4.78 is 37.2. The van der Waals surface area contributed by atoms with Crippen LogP contribution in [0.2, 0.25) is 0 Å². The fraction of sp³-hybridized carbons (Fsp3) is 0.372. The van der Waals surface area contributed by atoms with Crippen LogP contribution < -0.4 is 23.7 Å². The van der Waals surface area contributed by atoms with Crippen molar-refractivity contribution in [2.75, 3.05) is 42.1 Å². The Morgan fingerprint density at radius 1 is 0.796 bits per heavy atom. The molecule has 0 spiro atoms. The zero-order valence-corrected chi connectivity index (χ0v) is 32.0. The minimum atomic E-state index is -1.58. The van der Waals surface area contributed by atoms with E-state index in [-0.39, 0.29) is 37.6 Å². The first-order valence-corrected chi connectivity index (χ1v) is 17.9. The number of piperazine rings is 1. The molecule has 0 saturated carbocycles. The average molecular weight is 733 g/mol. The Kier molecular flexibility index (Phi) is 9.54. The summed E-state index contributed by atoms with van der Waals surface area (Å²) in [6.07, 6.45) is 0.125. The summed E-state index contributed by atoms with van der Waals surface area (Å²) in [6, 6.07) is 19.9. The van der Waals surface area contributed by atoms with Crippen LogP contribution in [0.4, 0.5) is 0 Å². The molecule has 0 aromatic heterocycles. The van der Waals surface area contributed by atoms with Crippen LogP contribution in [0.5, 0.6) is 28.7 Å². The summed E-state index contributed by atoms with van der Waals surface area (Å²) >= 11 is 0. The summed E-state index contributed by atoms with van der Waals surface area (Å²) in [6.45, 7) is 12.4. The van der Waals surface area contributed by atoms with Crippen LogP contribution in [0, 0.1) is 20.4 Å². The number of ketones is 1. The number of hydrogen-bond donors (Lipinski definition) is 0. The molecule has 0 N–H and O–H groups in total. The second-order valence-electron chi connectivity index (χ2n) is 14.2. The molecule has 4 atom stereocenters. The third-order valence-corrected chi connectivity index (χ3v) is 11.4. The van der Waals surface area contributed by atoms with Crippen molar-refractivity contribution in [3.05, 3.63) is 116 Å². The summed E-state index contributed by atoms with van der Waals surface area (Å²) in [5, 5.41) is 0. The van der Waals surface area contributed by atoms with E-state index in [1.807, 2.05) is 85.5 Å². The maximum atomic E-state index is 15.7. The number of methoxy groups -OCH3 is 4. The average Bonchev–Trinajstić information content (AvgIpc) is 3.18. The highest BCUT2D eigenvalue weighted by molar-refractivity contribution is 6.13. The molecule has 7 rings (SSSR count). The lowest BCUT2D eigenvalue weighted by Crippen LogP contribution is -2.78. The first kappa shape index (κ1) is 36.8. The predicted molar refractivity (Wildman–Crippen MR) is 203 cm³/mol. The molecule has 0 radical (unpaired) electrons. The van der Waals surface area contributed by atoms with Crippen LogP contribution in [0.1, 0.15) is 68.3 Å². The van der Waals surface area contributed by atoms with Gasteiger partial charge in [-0.3, -0.25) is 9.59 Å². The highest BCUT2D eigenvalue weighted by Gasteiger charge is 2.75. The molecule has 1 amide bonds. The summed E-state index contributed by atoms with van der Waals surface area (Å²) in [4.78, 5) is 39.0. The Labute approximate surface area is 316 Å². The van der Waals surface area contributed by atoms with Crippen LogP contribution in [-0.2, 0) is 29.2 Å². The monoisotopic (exact) mass is 732 g/mol. The minimum absolute atomic E-state index is 0.000754. The Morgan fingerprint density at radius 3 is 1.96 bits per heavy atom. The van der Waals surface area contributed by atoms with Crippen molar-refractivity contribution in [3.8, 4) is 35.3 Å². The highest BCUT2D eigenvalue weighted by atomic mass is 16.5. The minimum Gasteiger partial charge on any atom is -0.496 e. The van der Waals surface area contributed by atoms with Gasteiger partial charge in [-0.15, -0.1) is 0 Å². The Balaban J connectivity index is 1.51. The number of nitrogens with zero attached hydrogens (tertiary/aromatic N) is 3. The van der Waals surface area contributed by atoms with Gasteiger partial charge < -0.3 is 33.3 Å². The quantitative estimate of drug-likeness (QED) is 0.164. The van der Waals surface area contributed by atoms with Crippen molar-refractivity contribution in [2.24, 2.45) is 0 Å². The third kappa shape index (κ3) is 5.22. The number of rotatable bonds is 11. The Bertz CT molecular complexity index is 2170. The maximum absolute atomic E-state index is 15.7. The molecule has 0 unspecified atom stereocenters. The van der Waals surface area contributed by atoms with E-state index in [2.05, 4.69) is 4.85 Å². The number of Topliss-reactive ketones (excluding diaryl/α,β-unsaturated/α-hetero) is 1. The van der Waals surface area contributed by atoms with Gasteiger partial charge in [0, 0.05) is 16.7 Å². The highest BCUT2D eigenvalue weighted by Crippen LogP contribution is 2.62. The van der Waals surface area contributed by atoms with E-state index >= 15 is 9.59 Å². The molecule has 1 saturated heterocycles. The first-order chi connectivity index (χ1) is 26.0. The number of amides is 1. The van der Waals surface area contributed by atoms with Gasteiger partial charge in [0.1, 0.15) is 17.9 Å². The van der Waals surface area contributed by atoms with Crippen molar-refractivity contribution in [2.45, 2.75) is 63.7 Å². The van der Waals surface area contributed by atoms with Gasteiger partial charge in [0.25, 0.3) is 6.57 Å². The maximum Gasteiger partial charge on any atom is 0.419 e. The molecule has 4 aromatic rings. The smallest absolute Gasteiger partial charge is 0.419 e. The molecule has 280 valence electrons. The zero-order valence-electron chi connectivity index (χ0n) is 32.0. The number of ether oxygens (including phenoxy) is 6. The van der Waals surface area contributed by atoms with Gasteiger partial charge >= 0.3 is 11.6 Å². The van der Waals surface area contributed by atoms with Crippen molar-refractivity contribution in [1.82, 2.24) is 9.80 Å². The van der Waals surface area contributed by atoms with Crippen LogP contribution in [-0.4, -0.2) is 74.8 Å². The van der Waals surface area contributed by atoms with Gasteiger partial charge in [0.05, 0.1) is 65.7 Å². The molecular weight excluding hydrogens is 686 g/mol. The lowest BCUT2D eigenvalue weighted by Gasteiger charge is -2.60. The molecule has 1 fully saturated rings.